The van der Waals surface area contributed by atoms with Crippen LogP contribution in [-0.2, 0) is 5.41 Å². The minimum absolute atomic E-state index is 0.0760. The van der Waals surface area contributed by atoms with Gasteiger partial charge in [0.2, 0.25) is 0 Å². The van der Waals surface area contributed by atoms with Crippen LogP contribution in [0.2, 0.25) is 5.02 Å². The molecular weight excluding hydrogens is 280 g/mol. The number of nitrogens with one attached hydrogen (secondary N) is 1. The molecule has 1 N–H and O–H groups in total. The van der Waals surface area contributed by atoms with Crippen LogP contribution >= 0.6 is 11.6 Å². The van der Waals surface area contributed by atoms with Crippen molar-refractivity contribution in [2.45, 2.75) is 26.2 Å². The van der Waals surface area contributed by atoms with Gasteiger partial charge >= 0.3 is 0 Å². The third-order valence-electron chi connectivity index (χ3n) is 3.35. The Kier molecular flexibility index (Phi) is 4.69. The topological polar surface area (TPSA) is 24.4 Å². The van der Waals surface area contributed by atoms with Crippen molar-refractivity contribution in [2.24, 2.45) is 4.99 Å². The van der Waals surface area contributed by atoms with E-state index >= 15 is 0 Å². The zero-order valence-corrected chi connectivity index (χ0v) is 13.7. The van der Waals surface area contributed by atoms with E-state index < -0.39 is 0 Å². The number of rotatable bonds is 3. The summed E-state index contributed by atoms with van der Waals surface area (Å²) in [7, 11) is 1.94. The molecule has 2 aromatic carbocycles. The monoisotopic (exact) mass is 300 g/mol. The van der Waals surface area contributed by atoms with E-state index in [4.69, 9.17) is 11.6 Å². The molecular formula is C18H21ClN2. The van der Waals surface area contributed by atoms with E-state index in [1.807, 2.05) is 37.5 Å². The maximum Gasteiger partial charge on any atom is 0.0816 e. The minimum atomic E-state index is 0.0760. The van der Waals surface area contributed by atoms with Gasteiger partial charge in [0.25, 0.3) is 0 Å². The molecule has 0 atom stereocenters. The van der Waals surface area contributed by atoms with E-state index in [1.54, 1.807) is 0 Å². The maximum absolute atomic E-state index is 6.14. The van der Waals surface area contributed by atoms with Crippen molar-refractivity contribution in [2.75, 3.05) is 12.4 Å². The zero-order chi connectivity index (χ0) is 15.5. The average molecular weight is 301 g/mol. The van der Waals surface area contributed by atoms with Crippen LogP contribution in [-0.4, -0.2) is 13.3 Å². The fourth-order valence-corrected chi connectivity index (χ4v) is 2.46. The number of benzene rings is 2. The summed E-state index contributed by atoms with van der Waals surface area (Å²) in [5.74, 6) is 0. The highest BCUT2D eigenvalue weighted by Crippen LogP contribution is 2.32. The number of nitrogens with zero attached hydrogens (tertiary/aromatic N) is 1. The first-order valence-electron chi connectivity index (χ1n) is 7.03. The lowest BCUT2D eigenvalue weighted by atomic mass is 9.84. The largest absolute Gasteiger partial charge is 0.387 e. The number of anilines is 1. The molecule has 2 aromatic rings. The first kappa shape index (κ1) is 15.6. The molecule has 0 aliphatic carbocycles. The molecule has 0 aliphatic heterocycles. The summed E-state index contributed by atoms with van der Waals surface area (Å²) in [5.41, 5.74) is 4.30. The summed E-state index contributed by atoms with van der Waals surface area (Å²) in [6.07, 6.45) is 1.86. The van der Waals surface area contributed by atoms with Gasteiger partial charge in [-0.25, -0.2) is 0 Å². The normalized spacial score (nSPS) is 11.9. The highest BCUT2D eigenvalue weighted by Gasteiger charge is 2.18. The summed E-state index contributed by atoms with van der Waals surface area (Å²) in [6.45, 7) is 6.62. The lowest BCUT2D eigenvalue weighted by molar-refractivity contribution is 0.592. The summed E-state index contributed by atoms with van der Waals surface area (Å²) in [5, 5.41) is 3.96. The molecule has 2 rings (SSSR count). The molecule has 0 unspecified atom stereocenters. The van der Waals surface area contributed by atoms with Gasteiger partial charge < -0.3 is 5.32 Å². The molecule has 0 heterocycles. The van der Waals surface area contributed by atoms with Crippen LogP contribution in [0, 0.1) is 0 Å². The molecule has 0 saturated carbocycles. The quantitative estimate of drug-likeness (QED) is 0.751. The Labute approximate surface area is 131 Å². The summed E-state index contributed by atoms with van der Waals surface area (Å²) >= 11 is 6.14. The Balaban J connectivity index is 2.44. The number of aliphatic imine (C=N–C) groups is 1. The van der Waals surface area contributed by atoms with E-state index in [1.165, 1.54) is 5.56 Å². The van der Waals surface area contributed by atoms with Gasteiger partial charge in [0.15, 0.2) is 0 Å². The predicted octanol–water partition coefficient (Wildman–Crippen LogP) is 5.43. The standard InChI is InChI=1S/C18H21ClN2/c1-18(2,3)14-9-7-8-13(17(14)20-4)12-21-16-11-6-5-10-15(16)19/h5-12,20H,1-4H3. The second-order valence-electron chi connectivity index (χ2n) is 5.98. The van der Waals surface area contributed by atoms with Crippen LogP contribution in [0.25, 0.3) is 0 Å². The van der Waals surface area contributed by atoms with Crippen molar-refractivity contribution >= 4 is 29.2 Å². The Hall–Kier alpha value is -1.80. The molecule has 2 nitrogen and oxygen atoms in total. The van der Waals surface area contributed by atoms with Crippen LogP contribution < -0.4 is 5.32 Å². The predicted molar refractivity (Wildman–Crippen MR) is 93.4 cm³/mol. The molecule has 21 heavy (non-hydrogen) atoms. The summed E-state index contributed by atoms with van der Waals surface area (Å²) in [6, 6.07) is 13.9. The lowest BCUT2D eigenvalue weighted by Crippen LogP contribution is -2.15. The lowest BCUT2D eigenvalue weighted by Gasteiger charge is -2.24. The van der Waals surface area contributed by atoms with Gasteiger partial charge in [0, 0.05) is 24.5 Å². The first-order valence-corrected chi connectivity index (χ1v) is 7.41. The molecule has 0 aromatic heterocycles. The zero-order valence-electron chi connectivity index (χ0n) is 12.9. The minimum Gasteiger partial charge on any atom is -0.387 e. The van der Waals surface area contributed by atoms with Gasteiger partial charge in [-0.15, -0.1) is 0 Å². The molecule has 0 amide bonds. The highest BCUT2D eigenvalue weighted by molar-refractivity contribution is 6.33. The fraction of sp³-hybridized carbons (Fsp3) is 0.278. The number of hydrogen-bond acceptors (Lipinski definition) is 2. The van der Waals surface area contributed by atoms with Crippen molar-refractivity contribution in [1.29, 1.82) is 0 Å². The molecule has 110 valence electrons. The summed E-state index contributed by atoms with van der Waals surface area (Å²) in [4.78, 5) is 4.51. The van der Waals surface area contributed by atoms with Crippen LogP contribution in [0.4, 0.5) is 11.4 Å². The van der Waals surface area contributed by atoms with Gasteiger partial charge in [-0.3, -0.25) is 4.99 Å². The van der Waals surface area contributed by atoms with Crippen molar-refractivity contribution < 1.29 is 0 Å². The van der Waals surface area contributed by atoms with E-state index in [0.29, 0.717) is 5.02 Å². The second kappa shape index (κ2) is 6.31. The average Bonchev–Trinajstić information content (AvgIpc) is 2.45. The second-order valence-corrected chi connectivity index (χ2v) is 6.39. The third-order valence-corrected chi connectivity index (χ3v) is 3.67. The van der Waals surface area contributed by atoms with E-state index in [9.17, 15) is 0 Å². The Morgan fingerprint density at radius 3 is 2.38 bits per heavy atom. The van der Waals surface area contributed by atoms with Crippen LogP contribution in [0.3, 0.4) is 0 Å². The number of hydrogen-bond donors (Lipinski definition) is 1. The van der Waals surface area contributed by atoms with Gasteiger partial charge in [-0.05, 0) is 23.1 Å². The van der Waals surface area contributed by atoms with Crippen molar-refractivity contribution in [1.82, 2.24) is 0 Å². The van der Waals surface area contributed by atoms with Crippen molar-refractivity contribution in [3.05, 3.63) is 58.6 Å². The van der Waals surface area contributed by atoms with Gasteiger partial charge in [0.1, 0.15) is 0 Å². The Bertz CT molecular complexity index is 655. The van der Waals surface area contributed by atoms with E-state index in [-0.39, 0.29) is 5.41 Å². The van der Waals surface area contributed by atoms with Crippen LogP contribution in [0.15, 0.2) is 47.5 Å². The SMILES string of the molecule is CNc1c(C=Nc2ccccc2Cl)cccc1C(C)(C)C. The number of para-hydroxylation sites is 2. The van der Waals surface area contributed by atoms with Gasteiger partial charge in [-0.2, -0.15) is 0 Å². The van der Waals surface area contributed by atoms with Crippen molar-refractivity contribution in [3.8, 4) is 0 Å². The van der Waals surface area contributed by atoms with E-state index in [2.05, 4.69) is 49.3 Å². The number of halogens is 1. The Morgan fingerprint density at radius 1 is 1.05 bits per heavy atom. The Morgan fingerprint density at radius 2 is 1.76 bits per heavy atom. The highest BCUT2D eigenvalue weighted by atomic mass is 35.5. The first-order chi connectivity index (χ1) is 9.93. The molecule has 0 aliphatic rings. The van der Waals surface area contributed by atoms with E-state index in [0.717, 1.165) is 16.9 Å². The van der Waals surface area contributed by atoms with Gasteiger partial charge in [0.05, 0.1) is 10.7 Å². The fourth-order valence-electron chi connectivity index (χ4n) is 2.28. The molecule has 0 bridgehead atoms. The van der Waals surface area contributed by atoms with Crippen molar-refractivity contribution in [3.63, 3.8) is 0 Å². The molecule has 3 heteroatoms. The third kappa shape index (κ3) is 3.64. The smallest absolute Gasteiger partial charge is 0.0816 e. The maximum atomic E-state index is 6.14. The van der Waals surface area contributed by atoms with Crippen LogP contribution in [0.5, 0.6) is 0 Å². The molecule has 0 saturated heterocycles. The molecule has 0 spiro atoms. The summed E-state index contributed by atoms with van der Waals surface area (Å²) < 4.78 is 0. The molecule has 0 fully saturated rings. The van der Waals surface area contributed by atoms with Crippen LogP contribution in [0.1, 0.15) is 31.9 Å². The molecule has 0 radical (unpaired) electrons. The van der Waals surface area contributed by atoms with Gasteiger partial charge in [-0.1, -0.05) is 62.7 Å².